The van der Waals surface area contributed by atoms with Gasteiger partial charge >= 0.3 is 0 Å². The molecule has 1 aliphatic rings. The molecule has 4 rings (SSSR count). The number of hydrogen-bond acceptors (Lipinski definition) is 7. The average molecular weight is 477 g/mol. The van der Waals surface area contributed by atoms with Crippen LogP contribution in [0.15, 0.2) is 35.1 Å². The van der Waals surface area contributed by atoms with Crippen molar-refractivity contribution < 1.29 is 18.3 Å². The molecule has 0 unspecified atom stereocenters. The first-order valence-electron chi connectivity index (χ1n) is 10.9. The number of methoxy groups -OCH3 is 1. The van der Waals surface area contributed by atoms with E-state index >= 15 is 0 Å². The summed E-state index contributed by atoms with van der Waals surface area (Å²) in [4.78, 5) is 36.6. The van der Waals surface area contributed by atoms with Gasteiger partial charge in [0.1, 0.15) is 0 Å². The summed E-state index contributed by atoms with van der Waals surface area (Å²) in [5, 5.41) is 0.475. The Morgan fingerprint density at radius 3 is 2.73 bits per heavy atom. The van der Waals surface area contributed by atoms with Gasteiger partial charge in [0.15, 0.2) is 27.1 Å². The van der Waals surface area contributed by atoms with Crippen molar-refractivity contribution in [3.8, 4) is 0 Å². The lowest BCUT2D eigenvalue weighted by Crippen LogP contribution is -2.36. The van der Waals surface area contributed by atoms with Crippen LogP contribution in [0.25, 0.3) is 10.3 Å². The number of thiazole rings is 1. The number of halogens is 2. The second kappa shape index (κ2) is 10.0. The molecule has 0 amide bonds. The van der Waals surface area contributed by atoms with Crippen LogP contribution >= 0.6 is 11.3 Å². The molecule has 0 spiro atoms. The van der Waals surface area contributed by atoms with Crippen LogP contribution in [-0.2, 0) is 16.1 Å². The van der Waals surface area contributed by atoms with Crippen molar-refractivity contribution in [1.82, 2.24) is 14.5 Å². The number of alkyl halides is 2. The van der Waals surface area contributed by atoms with Crippen LogP contribution in [-0.4, -0.2) is 46.6 Å². The average Bonchev–Trinajstić information content (AvgIpc) is 3.46. The third-order valence-corrected chi connectivity index (χ3v) is 6.99. The predicted molar refractivity (Wildman–Crippen MR) is 123 cm³/mol. The minimum Gasteiger partial charge on any atom is -0.383 e. The normalized spacial score (nSPS) is 17.2. The fraction of sp³-hybridized carbons (Fsp3) is 0.478. The summed E-state index contributed by atoms with van der Waals surface area (Å²) in [6.45, 7) is 2.72. The maximum absolute atomic E-state index is 13.6. The van der Waals surface area contributed by atoms with Crippen molar-refractivity contribution in [1.29, 1.82) is 0 Å². The van der Waals surface area contributed by atoms with Crippen molar-refractivity contribution in [2.45, 2.75) is 51.1 Å². The van der Waals surface area contributed by atoms with E-state index < -0.39 is 17.8 Å². The number of aromatic nitrogens is 3. The largest absolute Gasteiger partial charge is 0.383 e. The van der Waals surface area contributed by atoms with Gasteiger partial charge in [-0.3, -0.25) is 14.2 Å². The topological polar surface area (TPSA) is 77.3 Å². The van der Waals surface area contributed by atoms with Gasteiger partial charge in [0, 0.05) is 20.1 Å². The minimum atomic E-state index is -2.90. The van der Waals surface area contributed by atoms with Gasteiger partial charge in [-0.15, -0.1) is 0 Å². The summed E-state index contributed by atoms with van der Waals surface area (Å²) in [5.41, 5.74) is 0.539. The Hall–Kier alpha value is -2.72. The molecular weight excluding hydrogens is 450 g/mol. The number of rotatable bonds is 9. The molecule has 1 aliphatic heterocycles. The van der Waals surface area contributed by atoms with E-state index in [9.17, 15) is 18.4 Å². The quantitative estimate of drug-likeness (QED) is 0.461. The molecule has 3 aromatic rings. The molecule has 176 valence electrons. The highest BCUT2D eigenvalue weighted by Gasteiger charge is 2.34. The highest BCUT2D eigenvalue weighted by atomic mass is 32.1. The number of fused-ring (bicyclic) bond motifs is 1. The van der Waals surface area contributed by atoms with Crippen LogP contribution in [0.5, 0.6) is 0 Å². The first-order valence-corrected chi connectivity index (χ1v) is 11.7. The molecule has 0 N–H and O–H groups in total. The molecule has 2 aromatic heterocycles. The third kappa shape index (κ3) is 4.81. The Morgan fingerprint density at radius 1 is 1.27 bits per heavy atom. The van der Waals surface area contributed by atoms with Gasteiger partial charge in [0.2, 0.25) is 0 Å². The van der Waals surface area contributed by atoms with E-state index in [1.54, 1.807) is 0 Å². The van der Waals surface area contributed by atoms with Gasteiger partial charge < -0.3 is 9.64 Å². The molecule has 10 heteroatoms. The van der Waals surface area contributed by atoms with Gasteiger partial charge in [-0.2, -0.15) is 0 Å². The maximum atomic E-state index is 13.6. The Kier molecular flexibility index (Phi) is 7.14. The second-order valence-electron chi connectivity index (χ2n) is 8.20. The molecule has 7 nitrogen and oxygen atoms in total. The molecule has 0 aliphatic carbocycles. The molecule has 1 saturated heterocycles. The predicted octanol–water partition coefficient (Wildman–Crippen LogP) is 4.17. The van der Waals surface area contributed by atoms with Crippen molar-refractivity contribution in [2.24, 2.45) is 0 Å². The minimum absolute atomic E-state index is 0.0347. The number of anilines is 1. The van der Waals surface area contributed by atoms with Gasteiger partial charge in [-0.1, -0.05) is 48.6 Å². The molecule has 33 heavy (non-hydrogen) atoms. The van der Waals surface area contributed by atoms with E-state index in [1.165, 1.54) is 7.11 Å². The summed E-state index contributed by atoms with van der Waals surface area (Å²) >= 11 is 1.08. The summed E-state index contributed by atoms with van der Waals surface area (Å²) in [6, 6.07) is 9.54. The summed E-state index contributed by atoms with van der Waals surface area (Å²) in [6.07, 6.45) is -0.984. The Labute approximate surface area is 194 Å². The zero-order chi connectivity index (χ0) is 23.5. The van der Waals surface area contributed by atoms with Crippen LogP contribution in [0.2, 0.25) is 0 Å². The van der Waals surface area contributed by atoms with E-state index in [4.69, 9.17) is 4.74 Å². The molecule has 3 heterocycles. The lowest BCUT2D eigenvalue weighted by Gasteiger charge is -2.24. The lowest BCUT2D eigenvalue weighted by atomic mass is 9.93. The number of carbonyl (C=O) groups is 1. The van der Waals surface area contributed by atoms with Crippen LogP contribution in [0, 0.1) is 0 Å². The Bertz CT molecular complexity index is 1180. The standard InChI is InChI=1S/C23H26F2N4O3S/c1-14(15-7-4-3-5-8-15)13-17(30)16-9-6-10-28(16)23-26-18-21(33-23)27-20(19(24)25)29(22(18)31)11-12-32-2/h3-5,7-8,14,16,19H,6,9-13H2,1-2H3/t14-,16+/m0/s1. The molecular formula is C23H26F2N4O3S. The number of ether oxygens (including phenoxy) is 1. The monoisotopic (exact) mass is 476 g/mol. The molecule has 2 atom stereocenters. The van der Waals surface area contributed by atoms with Crippen LogP contribution in [0.1, 0.15) is 49.9 Å². The Morgan fingerprint density at radius 2 is 2.03 bits per heavy atom. The van der Waals surface area contributed by atoms with Crippen molar-refractivity contribution in [2.75, 3.05) is 25.2 Å². The first-order chi connectivity index (χ1) is 15.9. The molecule has 1 fully saturated rings. The third-order valence-electron chi connectivity index (χ3n) is 6.00. The number of nitrogens with zero attached hydrogens (tertiary/aromatic N) is 4. The van der Waals surface area contributed by atoms with E-state index in [-0.39, 0.29) is 41.2 Å². The summed E-state index contributed by atoms with van der Waals surface area (Å²) in [7, 11) is 1.43. The van der Waals surface area contributed by atoms with Crippen LogP contribution in [0.3, 0.4) is 0 Å². The number of hydrogen-bond donors (Lipinski definition) is 0. The summed E-state index contributed by atoms with van der Waals surface area (Å²) < 4.78 is 33.0. The first kappa shape index (κ1) is 23.4. The van der Waals surface area contributed by atoms with Gasteiger partial charge in [-0.25, -0.2) is 18.7 Å². The number of benzene rings is 1. The number of Topliss-reactive ketones (excluding diaryl/α,β-unsaturated/α-hetero) is 1. The van der Waals surface area contributed by atoms with Gasteiger partial charge in [0.25, 0.3) is 12.0 Å². The zero-order valence-corrected chi connectivity index (χ0v) is 19.4. The Balaban J connectivity index is 1.61. The highest BCUT2D eigenvalue weighted by Crippen LogP contribution is 2.34. The van der Waals surface area contributed by atoms with Gasteiger partial charge in [0.05, 0.1) is 19.2 Å². The van der Waals surface area contributed by atoms with Crippen molar-refractivity contribution in [3.05, 3.63) is 52.1 Å². The van der Waals surface area contributed by atoms with E-state index in [2.05, 4.69) is 9.97 Å². The van der Waals surface area contributed by atoms with Crippen LogP contribution < -0.4 is 10.5 Å². The molecule has 0 saturated carbocycles. The number of carbonyl (C=O) groups excluding carboxylic acids is 1. The molecule has 0 radical (unpaired) electrons. The van der Waals surface area contributed by atoms with E-state index in [1.807, 2.05) is 42.2 Å². The molecule has 0 bridgehead atoms. The lowest BCUT2D eigenvalue weighted by molar-refractivity contribution is -0.120. The van der Waals surface area contributed by atoms with Crippen molar-refractivity contribution >= 4 is 32.6 Å². The van der Waals surface area contributed by atoms with Crippen LogP contribution in [0.4, 0.5) is 13.9 Å². The van der Waals surface area contributed by atoms with E-state index in [0.717, 1.165) is 27.9 Å². The highest BCUT2D eigenvalue weighted by molar-refractivity contribution is 7.21. The number of ketones is 1. The van der Waals surface area contributed by atoms with Crippen molar-refractivity contribution in [3.63, 3.8) is 0 Å². The molecule has 1 aromatic carbocycles. The zero-order valence-electron chi connectivity index (χ0n) is 18.5. The SMILES string of the molecule is COCCn1c(C(F)F)nc2sc(N3CCC[C@@H]3C(=O)C[C@H](C)c3ccccc3)nc2c1=O. The fourth-order valence-corrected chi connectivity index (χ4v) is 5.28. The smallest absolute Gasteiger partial charge is 0.295 e. The fourth-order valence-electron chi connectivity index (χ4n) is 4.27. The van der Waals surface area contributed by atoms with Gasteiger partial charge in [-0.05, 0) is 24.3 Å². The van der Waals surface area contributed by atoms with E-state index in [0.29, 0.717) is 24.5 Å². The second-order valence-corrected chi connectivity index (χ2v) is 9.16. The summed E-state index contributed by atoms with van der Waals surface area (Å²) in [5.74, 6) is -0.396. The maximum Gasteiger partial charge on any atom is 0.295 e.